The Morgan fingerprint density at radius 2 is 1.05 bits per heavy atom. The highest BCUT2D eigenvalue weighted by molar-refractivity contribution is 5.82. The van der Waals surface area contributed by atoms with Gasteiger partial charge in [-0.25, -0.2) is 5.01 Å². The second kappa shape index (κ2) is 19.4. The molecule has 0 aromatic rings. The van der Waals surface area contributed by atoms with Crippen molar-refractivity contribution >= 4 is 36.4 Å². The molecular formula is C20H32F6N8O6. The molecule has 0 saturated carbocycles. The van der Waals surface area contributed by atoms with E-state index in [0.717, 1.165) is 5.01 Å². The third-order valence-corrected chi connectivity index (χ3v) is 4.79. The van der Waals surface area contributed by atoms with Crippen molar-refractivity contribution in [2.75, 3.05) is 65.4 Å². The first kappa shape index (κ1) is 36.3. The molecule has 0 fully saturated rings. The molecule has 0 bridgehead atoms. The summed E-state index contributed by atoms with van der Waals surface area (Å²) in [5.74, 6) is -5.41. The number of hydrogen-bond donors (Lipinski definition) is 6. The Kier molecular flexibility index (Phi) is 17.6. The number of amides is 6. The minimum atomic E-state index is -5.15. The van der Waals surface area contributed by atoms with E-state index in [0.29, 0.717) is 12.8 Å². The van der Waals surface area contributed by atoms with Crippen molar-refractivity contribution in [2.45, 2.75) is 25.2 Å². The van der Waals surface area contributed by atoms with E-state index in [1.807, 2.05) is 0 Å². The number of hydrazine groups is 1. The van der Waals surface area contributed by atoms with E-state index in [2.05, 4.69) is 21.3 Å². The fourth-order valence-electron chi connectivity index (χ4n) is 2.81. The molecule has 40 heavy (non-hydrogen) atoms. The summed E-state index contributed by atoms with van der Waals surface area (Å²) < 4.78 is 74.2. The second-order valence-corrected chi connectivity index (χ2v) is 7.86. The van der Waals surface area contributed by atoms with Crippen molar-refractivity contribution < 1.29 is 55.1 Å². The Labute approximate surface area is 224 Å². The number of nitrogens with zero attached hydrogens (tertiary/aromatic N) is 2. The summed E-state index contributed by atoms with van der Waals surface area (Å²) in [5, 5.41) is 12.0. The molecule has 0 rings (SSSR count). The van der Waals surface area contributed by atoms with Crippen LogP contribution in [0, 0.1) is 0 Å². The first-order valence-electron chi connectivity index (χ1n) is 11.8. The SMILES string of the molecule is O=CNCCN(CCNC(=O)C(F)(F)F)CCC(=O)NCCNC(=O)CCN(CCNC=O)NC(=O)C(F)(F)F. The van der Waals surface area contributed by atoms with Crippen molar-refractivity contribution in [2.24, 2.45) is 0 Å². The van der Waals surface area contributed by atoms with Gasteiger partial charge in [0.05, 0.1) is 0 Å². The average molecular weight is 595 g/mol. The Morgan fingerprint density at radius 3 is 1.55 bits per heavy atom. The second-order valence-electron chi connectivity index (χ2n) is 7.86. The van der Waals surface area contributed by atoms with E-state index in [1.165, 1.54) is 0 Å². The summed E-state index contributed by atoms with van der Waals surface area (Å²) in [6, 6.07) is 0. The van der Waals surface area contributed by atoms with Crippen LogP contribution in [-0.4, -0.2) is 124 Å². The van der Waals surface area contributed by atoms with Gasteiger partial charge >= 0.3 is 24.2 Å². The maximum absolute atomic E-state index is 12.5. The number of alkyl halides is 6. The Balaban J connectivity index is 4.42. The predicted molar refractivity (Wildman–Crippen MR) is 125 cm³/mol. The quantitative estimate of drug-likeness (QED) is 0.0361. The zero-order chi connectivity index (χ0) is 30.6. The summed E-state index contributed by atoms with van der Waals surface area (Å²) in [6.45, 7) is -0.624. The van der Waals surface area contributed by atoms with Gasteiger partial charge in [0.15, 0.2) is 0 Å². The molecule has 0 atom stereocenters. The molecule has 6 N–H and O–H groups in total. The van der Waals surface area contributed by atoms with Gasteiger partial charge in [-0.2, -0.15) is 26.3 Å². The smallest absolute Gasteiger partial charge is 0.357 e. The Hall–Kier alpha value is -3.68. The molecule has 0 aliphatic heterocycles. The number of hydrogen-bond acceptors (Lipinski definition) is 8. The number of rotatable bonds is 21. The summed E-state index contributed by atoms with van der Waals surface area (Å²) >= 11 is 0. The topological polar surface area (TPSA) is 181 Å². The van der Waals surface area contributed by atoms with Gasteiger partial charge in [-0.15, -0.1) is 0 Å². The van der Waals surface area contributed by atoms with Crippen LogP contribution in [0.15, 0.2) is 0 Å². The fraction of sp³-hybridized carbons (Fsp3) is 0.700. The molecule has 0 spiro atoms. The van der Waals surface area contributed by atoms with E-state index >= 15 is 0 Å². The molecule has 20 heteroatoms. The third-order valence-electron chi connectivity index (χ3n) is 4.79. The van der Waals surface area contributed by atoms with E-state index in [1.54, 1.807) is 15.6 Å². The summed E-state index contributed by atoms with van der Waals surface area (Å²) in [6.07, 6.45) is -9.86. The van der Waals surface area contributed by atoms with Crippen LogP contribution in [0.2, 0.25) is 0 Å². The molecule has 0 unspecified atom stereocenters. The lowest BCUT2D eigenvalue weighted by Crippen LogP contribution is -2.51. The van der Waals surface area contributed by atoms with Crippen LogP contribution in [0.5, 0.6) is 0 Å². The standard InChI is InChI=1S/C20H32F6N8O6/c21-19(22,23)17(39)31-7-11-33(10-5-27-13-35)8-1-15(37)29-3-4-30-16(38)2-9-34(12-6-28-14-36)32-18(40)20(24,25)26/h13-14H,1-12H2,(H,27,35)(H,28,36)(H,29,37)(H,30,38)(H,31,39)(H,32,40). The van der Waals surface area contributed by atoms with Gasteiger partial charge in [-0.1, -0.05) is 0 Å². The molecule has 0 aromatic carbocycles. The van der Waals surface area contributed by atoms with E-state index in [-0.39, 0.29) is 78.3 Å². The molecule has 14 nitrogen and oxygen atoms in total. The van der Waals surface area contributed by atoms with Gasteiger partial charge < -0.3 is 26.6 Å². The molecule has 0 aliphatic carbocycles. The number of carbonyl (C=O) groups is 6. The van der Waals surface area contributed by atoms with Crippen molar-refractivity contribution in [3.8, 4) is 0 Å². The fourth-order valence-corrected chi connectivity index (χ4v) is 2.81. The van der Waals surface area contributed by atoms with Gasteiger partial charge in [0.2, 0.25) is 24.6 Å². The highest BCUT2D eigenvalue weighted by Gasteiger charge is 2.40. The zero-order valence-corrected chi connectivity index (χ0v) is 21.3. The number of carbonyl (C=O) groups excluding carboxylic acids is 6. The average Bonchev–Trinajstić information content (AvgIpc) is 2.86. The van der Waals surface area contributed by atoms with Gasteiger partial charge in [0.1, 0.15) is 0 Å². The van der Waals surface area contributed by atoms with Crippen molar-refractivity contribution in [3.63, 3.8) is 0 Å². The minimum absolute atomic E-state index is 0.0172. The van der Waals surface area contributed by atoms with Crippen molar-refractivity contribution in [3.05, 3.63) is 0 Å². The molecule has 230 valence electrons. The molecule has 0 aliphatic rings. The van der Waals surface area contributed by atoms with Crippen molar-refractivity contribution in [1.29, 1.82) is 0 Å². The highest BCUT2D eigenvalue weighted by atomic mass is 19.4. The van der Waals surface area contributed by atoms with Crippen LogP contribution in [0.25, 0.3) is 0 Å². The van der Waals surface area contributed by atoms with Crippen LogP contribution in [-0.2, 0) is 28.8 Å². The van der Waals surface area contributed by atoms with E-state index < -0.39 is 36.0 Å². The van der Waals surface area contributed by atoms with Crippen LogP contribution in [0.3, 0.4) is 0 Å². The first-order chi connectivity index (χ1) is 18.7. The van der Waals surface area contributed by atoms with Crippen LogP contribution < -0.4 is 32.0 Å². The van der Waals surface area contributed by atoms with Gasteiger partial charge in [0, 0.05) is 78.3 Å². The molecule has 0 saturated heterocycles. The Bertz CT molecular complexity index is 830. The Morgan fingerprint density at radius 1 is 0.575 bits per heavy atom. The van der Waals surface area contributed by atoms with E-state index in [9.17, 15) is 55.1 Å². The number of nitrogens with one attached hydrogen (secondary N) is 6. The lowest BCUT2D eigenvalue weighted by Gasteiger charge is -2.23. The van der Waals surface area contributed by atoms with Gasteiger partial charge in [-0.3, -0.25) is 39.1 Å². The first-order valence-corrected chi connectivity index (χ1v) is 11.8. The number of halogens is 6. The van der Waals surface area contributed by atoms with Gasteiger partial charge in [-0.05, 0) is 0 Å². The maximum atomic E-state index is 12.5. The largest absolute Gasteiger partial charge is 0.472 e. The minimum Gasteiger partial charge on any atom is -0.357 e. The third kappa shape index (κ3) is 18.6. The van der Waals surface area contributed by atoms with Crippen LogP contribution in [0.1, 0.15) is 12.8 Å². The molecule has 6 amide bonds. The summed E-state index contributed by atoms with van der Waals surface area (Å²) in [7, 11) is 0. The highest BCUT2D eigenvalue weighted by Crippen LogP contribution is 2.14. The lowest BCUT2D eigenvalue weighted by molar-refractivity contribution is -0.178. The summed E-state index contributed by atoms with van der Waals surface area (Å²) in [4.78, 5) is 68.2. The van der Waals surface area contributed by atoms with E-state index in [4.69, 9.17) is 0 Å². The van der Waals surface area contributed by atoms with Crippen LogP contribution >= 0.6 is 0 Å². The monoisotopic (exact) mass is 594 g/mol. The van der Waals surface area contributed by atoms with Crippen molar-refractivity contribution in [1.82, 2.24) is 41.9 Å². The molecule has 0 heterocycles. The molecular weight excluding hydrogens is 562 g/mol. The normalized spacial score (nSPS) is 11.5. The predicted octanol–water partition coefficient (Wildman–Crippen LogP) is -2.63. The maximum Gasteiger partial charge on any atom is 0.472 e. The molecule has 0 radical (unpaired) electrons. The van der Waals surface area contributed by atoms with Crippen LogP contribution in [0.4, 0.5) is 26.3 Å². The lowest BCUT2D eigenvalue weighted by atomic mass is 10.3. The van der Waals surface area contributed by atoms with Gasteiger partial charge in [0.25, 0.3) is 0 Å². The molecule has 0 aromatic heterocycles. The zero-order valence-electron chi connectivity index (χ0n) is 21.3. The summed E-state index contributed by atoms with van der Waals surface area (Å²) in [5.41, 5.74) is 1.60.